The lowest BCUT2D eigenvalue weighted by Crippen LogP contribution is -2.46. The summed E-state index contributed by atoms with van der Waals surface area (Å²) in [4.78, 5) is 6.86. The van der Waals surface area contributed by atoms with Gasteiger partial charge in [0.25, 0.3) is 0 Å². The number of benzene rings is 1. The van der Waals surface area contributed by atoms with Crippen molar-refractivity contribution in [2.24, 2.45) is 5.92 Å². The zero-order valence-electron chi connectivity index (χ0n) is 17.5. The molecule has 0 fully saturated rings. The number of anilines is 1. The summed E-state index contributed by atoms with van der Waals surface area (Å²) in [6, 6.07) is 7.84. The van der Waals surface area contributed by atoms with E-state index in [9.17, 15) is 5.11 Å². The molecule has 2 aromatic rings. The van der Waals surface area contributed by atoms with Gasteiger partial charge in [0, 0.05) is 37.3 Å². The Morgan fingerprint density at radius 3 is 2.78 bits per heavy atom. The first-order valence-corrected chi connectivity index (χ1v) is 9.96. The van der Waals surface area contributed by atoms with Crippen LogP contribution in [-0.4, -0.2) is 53.9 Å². The van der Waals surface area contributed by atoms with Crippen LogP contribution in [0, 0.1) is 5.92 Å². The number of unbranched alkanes of at least 4 members (excludes halogenated alkanes) is 1. The molecule has 0 bridgehead atoms. The third-order valence-electron chi connectivity index (χ3n) is 4.59. The Labute approximate surface area is 163 Å². The molecule has 5 nitrogen and oxygen atoms in total. The number of hydrogen-bond donors (Lipinski definition) is 2. The van der Waals surface area contributed by atoms with Crippen LogP contribution in [-0.2, 0) is 0 Å². The average Bonchev–Trinajstić information content (AvgIpc) is 2.63. The molecule has 1 unspecified atom stereocenters. The third-order valence-corrected chi connectivity index (χ3v) is 4.59. The predicted octanol–water partition coefficient (Wildman–Crippen LogP) is 4.16. The number of nitrogens with zero attached hydrogens (tertiary/aromatic N) is 2. The minimum atomic E-state index is -0.840. The maximum Gasteiger partial charge on any atom is 0.121 e. The number of aliphatic hydroxyl groups is 1. The molecule has 5 heteroatoms. The molecule has 0 aliphatic rings. The molecule has 0 saturated heterocycles. The lowest BCUT2D eigenvalue weighted by Gasteiger charge is -2.33. The highest BCUT2D eigenvalue weighted by Crippen LogP contribution is 2.28. The van der Waals surface area contributed by atoms with E-state index in [-0.39, 0.29) is 0 Å². The smallest absolute Gasteiger partial charge is 0.121 e. The van der Waals surface area contributed by atoms with Crippen LogP contribution in [0.4, 0.5) is 5.69 Å². The van der Waals surface area contributed by atoms with E-state index >= 15 is 0 Å². The van der Waals surface area contributed by atoms with Gasteiger partial charge in [-0.3, -0.25) is 4.98 Å². The highest BCUT2D eigenvalue weighted by atomic mass is 16.5. The zero-order valence-corrected chi connectivity index (χ0v) is 17.5. The van der Waals surface area contributed by atoms with Gasteiger partial charge in [0.15, 0.2) is 0 Å². The second kappa shape index (κ2) is 9.90. The third kappa shape index (κ3) is 6.67. The largest absolute Gasteiger partial charge is 0.497 e. The van der Waals surface area contributed by atoms with Gasteiger partial charge in [-0.25, -0.2) is 0 Å². The standard InChI is InChI=1S/C22H35N3O2/c1-6-7-11-25(14-17(2)3)16-22(4,26)15-24-20-13-19(27-5)12-18-9-8-10-23-21(18)20/h8-10,12-13,17,24,26H,6-7,11,14-16H2,1-5H3. The quantitative estimate of drug-likeness (QED) is 0.619. The number of ether oxygens (including phenoxy) is 1. The van der Waals surface area contributed by atoms with Crippen molar-refractivity contribution >= 4 is 16.6 Å². The molecule has 150 valence electrons. The van der Waals surface area contributed by atoms with Gasteiger partial charge in [-0.15, -0.1) is 0 Å². The molecule has 0 spiro atoms. The van der Waals surface area contributed by atoms with Crippen LogP contribution in [0.1, 0.15) is 40.5 Å². The van der Waals surface area contributed by atoms with E-state index in [1.165, 1.54) is 0 Å². The fraction of sp³-hybridized carbons (Fsp3) is 0.591. The molecule has 1 aromatic carbocycles. The van der Waals surface area contributed by atoms with Gasteiger partial charge in [-0.1, -0.05) is 33.3 Å². The van der Waals surface area contributed by atoms with Crippen LogP contribution in [0.2, 0.25) is 0 Å². The fourth-order valence-corrected chi connectivity index (χ4v) is 3.37. The molecular weight excluding hydrogens is 338 g/mol. The lowest BCUT2D eigenvalue weighted by atomic mass is 10.0. The summed E-state index contributed by atoms with van der Waals surface area (Å²) >= 11 is 0. The van der Waals surface area contributed by atoms with Crippen molar-refractivity contribution < 1.29 is 9.84 Å². The molecule has 0 aliphatic carbocycles. The Morgan fingerprint density at radius 1 is 1.33 bits per heavy atom. The first-order chi connectivity index (χ1) is 12.8. The van der Waals surface area contributed by atoms with Crippen LogP contribution in [0.5, 0.6) is 5.75 Å². The van der Waals surface area contributed by atoms with Gasteiger partial charge in [-0.05, 0) is 37.9 Å². The molecule has 0 saturated carbocycles. The average molecular weight is 374 g/mol. The minimum Gasteiger partial charge on any atom is -0.497 e. The van der Waals surface area contributed by atoms with Gasteiger partial charge in [-0.2, -0.15) is 0 Å². The molecule has 2 rings (SSSR count). The van der Waals surface area contributed by atoms with Gasteiger partial charge < -0.3 is 20.1 Å². The van der Waals surface area contributed by atoms with E-state index < -0.39 is 5.60 Å². The van der Waals surface area contributed by atoms with Crippen LogP contribution in [0.15, 0.2) is 30.5 Å². The van der Waals surface area contributed by atoms with E-state index in [4.69, 9.17) is 4.74 Å². The predicted molar refractivity (Wildman–Crippen MR) is 114 cm³/mol. The Balaban J connectivity index is 2.10. The van der Waals surface area contributed by atoms with Crippen molar-refractivity contribution in [3.63, 3.8) is 0 Å². The Bertz CT molecular complexity index is 716. The molecule has 1 aromatic heterocycles. The van der Waals surface area contributed by atoms with Gasteiger partial charge in [0.05, 0.1) is 23.9 Å². The Hall–Kier alpha value is -1.85. The zero-order chi connectivity index (χ0) is 19.9. The molecule has 0 radical (unpaired) electrons. The van der Waals surface area contributed by atoms with Crippen molar-refractivity contribution in [2.75, 3.05) is 38.6 Å². The van der Waals surface area contributed by atoms with Crippen LogP contribution < -0.4 is 10.1 Å². The van der Waals surface area contributed by atoms with E-state index in [2.05, 4.69) is 36.0 Å². The van der Waals surface area contributed by atoms with Crippen LogP contribution in [0.25, 0.3) is 10.9 Å². The highest BCUT2D eigenvalue weighted by molar-refractivity contribution is 5.91. The number of hydrogen-bond acceptors (Lipinski definition) is 5. The van der Waals surface area contributed by atoms with E-state index in [1.54, 1.807) is 13.3 Å². The first kappa shape index (κ1) is 21.5. The fourth-order valence-electron chi connectivity index (χ4n) is 3.37. The van der Waals surface area contributed by atoms with Gasteiger partial charge >= 0.3 is 0 Å². The second-order valence-electron chi connectivity index (χ2n) is 8.08. The SMILES string of the molecule is CCCCN(CC(C)C)CC(C)(O)CNc1cc(OC)cc2cccnc12. The summed E-state index contributed by atoms with van der Waals surface area (Å²) in [6.07, 6.45) is 4.10. The number of fused-ring (bicyclic) bond motifs is 1. The number of rotatable bonds is 11. The van der Waals surface area contributed by atoms with Crippen molar-refractivity contribution in [3.05, 3.63) is 30.5 Å². The molecular formula is C22H35N3O2. The second-order valence-corrected chi connectivity index (χ2v) is 8.08. The Morgan fingerprint density at radius 2 is 2.11 bits per heavy atom. The highest BCUT2D eigenvalue weighted by Gasteiger charge is 2.24. The summed E-state index contributed by atoms with van der Waals surface area (Å²) in [7, 11) is 1.66. The number of aromatic nitrogens is 1. The molecule has 1 atom stereocenters. The maximum absolute atomic E-state index is 11.0. The number of nitrogens with one attached hydrogen (secondary N) is 1. The number of methoxy groups -OCH3 is 1. The van der Waals surface area contributed by atoms with Crippen molar-refractivity contribution in [3.8, 4) is 5.75 Å². The monoisotopic (exact) mass is 373 g/mol. The summed E-state index contributed by atoms with van der Waals surface area (Å²) in [5.41, 5.74) is 0.931. The van der Waals surface area contributed by atoms with Crippen molar-refractivity contribution in [2.45, 2.75) is 46.1 Å². The van der Waals surface area contributed by atoms with Crippen LogP contribution in [0.3, 0.4) is 0 Å². The van der Waals surface area contributed by atoms with Gasteiger partial charge in [0.2, 0.25) is 0 Å². The van der Waals surface area contributed by atoms with Gasteiger partial charge in [0.1, 0.15) is 5.75 Å². The molecule has 2 N–H and O–H groups in total. The summed E-state index contributed by atoms with van der Waals surface area (Å²) < 4.78 is 5.41. The molecule has 27 heavy (non-hydrogen) atoms. The minimum absolute atomic E-state index is 0.451. The normalized spacial score (nSPS) is 13.9. The number of pyridine rings is 1. The van der Waals surface area contributed by atoms with Crippen LogP contribution >= 0.6 is 0 Å². The topological polar surface area (TPSA) is 57.6 Å². The lowest BCUT2D eigenvalue weighted by molar-refractivity contribution is 0.0270. The van der Waals surface area contributed by atoms with Crippen molar-refractivity contribution in [1.29, 1.82) is 0 Å². The molecule has 0 aliphatic heterocycles. The van der Waals surface area contributed by atoms with Crippen molar-refractivity contribution in [1.82, 2.24) is 9.88 Å². The summed E-state index contributed by atoms with van der Waals surface area (Å²) in [5, 5.41) is 15.4. The molecule has 1 heterocycles. The van der Waals surface area contributed by atoms with E-state index in [1.807, 2.05) is 31.2 Å². The van der Waals surface area contributed by atoms with E-state index in [0.29, 0.717) is 19.0 Å². The first-order valence-electron chi connectivity index (χ1n) is 9.96. The summed E-state index contributed by atoms with van der Waals surface area (Å²) in [5.74, 6) is 1.36. The summed E-state index contributed by atoms with van der Waals surface area (Å²) in [6.45, 7) is 11.7. The maximum atomic E-state index is 11.0. The Kier molecular flexibility index (Phi) is 7.87. The van der Waals surface area contributed by atoms with E-state index in [0.717, 1.165) is 48.3 Å². The molecule has 0 amide bonds.